The van der Waals surface area contributed by atoms with Crippen LogP contribution in [0.4, 0.5) is 0 Å². The summed E-state index contributed by atoms with van der Waals surface area (Å²) in [6, 6.07) is 26.8. The first-order valence-corrected chi connectivity index (χ1v) is 10.8. The number of hydrogen-bond donors (Lipinski definition) is 1. The van der Waals surface area contributed by atoms with Gasteiger partial charge in [0.05, 0.1) is 12.0 Å². The number of halogens is 1. The van der Waals surface area contributed by atoms with Gasteiger partial charge in [-0.1, -0.05) is 84.0 Å². The summed E-state index contributed by atoms with van der Waals surface area (Å²) in [6.45, 7) is 0. The predicted octanol–water partition coefficient (Wildman–Crippen LogP) is 4.83. The summed E-state index contributed by atoms with van der Waals surface area (Å²) in [7, 11) is 0. The highest BCUT2D eigenvalue weighted by Gasteiger charge is 2.16. The van der Waals surface area contributed by atoms with E-state index >= 15 is 0 Å². The zero-order chi connectivity index (χ0) is 21.5. The van der Waals surface area contributed by atoms with Crippen LogP contribution in [0.1, 0.15) is 5.56 Å². The van der Waals surface area contributed by atoms with Crippen LogP contribution in [0, 0.1) is 0 Å². The van der Waals surface area contributed by atoms with Gasteiger partial charge in [0.15, 0.2) is 11.0 Å². The van der Waals surface area contributed by atoms with Crippen LogP contribution in [-0.4, -0.2) is 32.6 Å². The maximum Gasteiger partial charge on any atom is 0.250 e. The van der Waals surface area contributed by atoms with Crippen molar-refractivity contribution in [3.05, 3.63) is 95.5 Å². The standard InChI is InChI=1S/C23H18ClN5OS/c24-19-13-11-17(12-14-19)15-25-26-21(30)16-31-23-28-27-22(18-7-3-1-4-8-18)29(23)20-9-5-2-6-10-20/h1-15H,16H2,(H,26,30)/b25-15+. The fourth-order valence-electron chi connectivity index (χ4n) is 2.84. The molecular formula is C23H18ClN5OS. The molecule has 0 aliphatic rings. The van der Waals surface area contributed by atoms with E-state index in [1.54, 1.807) is 18.3 Å². The molecule has 0 spiro atoms. The monoisotopic (exact) mass is 447 g/mol. The third kappa shape index (κ3) is 5.39. The molecule has 1 N–H and O–H groups in total. The van der Waals surface area contributed by atoms with Gasteiger partial charge in [0.1, 0.15) is 0 Å². The molecule has 1 aromatic heterocycles. The third-order valence-corrected chi connectivity index (χ3v) is 5.47. The van der Waals surface area contributed by atoms with Gasteiger partial charge in [-0.2, -0.15) is 5.10 Å². The highest BCUT2D eigenvalue weighted by Crippen LogP contribution is 2.27. The lowest BCUT2D eigenvalue weighted by atomic mass is 10.2. The third-order valence-electron chi connectivity index (χ3n) is 4.28. The summed E-state index contributed by atoms with van der Waals surface area (Å²) in [5, 5.41) is 14.0. The van der Waals surface area contributed by atoms with Gasteiger partial charge in [0.25, 0.3) is 5.91 Å². The van der Waals surface area contributed by atoms with Crippen LogP contribution in [0.2, 0.25) is 5.02 Å². The molecule has 0 aliphatic carbocycles. The number of nitrogens with one attached hydrogen (secondary N) is 1. The summed E-state index contributed by atoms with van der Waals surface area (Å²) in [5.41, 5.74) is 5.25. The van der Waals surface area contributed by atoms with Gasteiger partial charge >= 0.3 is 0 Å². The Morgan fingerprint density at radius 2 is 1.65 bits per heavy atom. The summed E-state index contributed by atoms with van der Waals surface area (Å²) in [4.78, 5) is 12.3. The average Bonchev–Trinajstić information content (AvgIpc) is 3.24. The number of carbonyl (C=O) groups excluding carboxylic acids is 1. The van der Waals surface area contributed by atoms with E-state index in [0.717, 1.165) is 22.6 Å². The molecule has 0 saturated carbocycles. The molecule has 0 bridgehead atoms. The molecule has 6 nitrogen and oxygen atoms in total. The number of carbonyl (C=O) groups is 1. The van der Waals surface area contributed by atoms with Gasteiger partial charge in [-0.05, 0) is 29.8 Å². The lowest BCUT2D eigenvalue weighted by molar-refractivity contribution is -0.118. The highest BCUT2D eigenvalue weighted by atomic mass is 35.5. The van der Waals surface area contributed by atoms with Crippen molar-refractivity contribution in [1.82, 2.24) is 20.2 Å². The molecule has 31 heavy (non-hydrogen) atoms. The summed E-state index contributed by atoms with van der Waals surface area (Å²) in [5.74, 6) is 0.632. The number of hydrogen-bond acceptors (Lipinski definition) is 5. The zero-order valence-electron chi connectivity index (χ0n) is 16.4. The fourth-order valence-corrected chi connectivity index (χ4v) is 3.71. The number of benzene rings is 3. The Labute approximate surface area is 189 Å². The molecule has 0 unspecified atom stereocenters. The van der Waals surface area contributed by atoms with E-state index in [0.29, 0.717) is 10.2 Å². The summed E-state index contributed by atoms with van der Waals surface area (Å²) >= 11 is 7.16. The van der Waals surface area contributed by atoms with Crippen LogP contribution in [0.3, 0.4) is 0 Å². The molecule has 3 aromatic carbocycles. The van der Waals surface area contributed by atoms with E-state index in [1.807, 2.05) is 77.4 Å². The Morgan fingerprint density at radius 1 is 0.968 bits per heavy atom. The van der Waals surface area contributed by atoms with Crippen molar-refractivity contribution in [3.63, 3.8) is 0 Å². The molecule has 4 rings (SSSR count). The molecule has 0 atom stereocenters. The minimum absolute atomic E-state index is 0.151. The molecule has 0 fully saturated rings. The molecule has 0 radical (unpaired) electrons. The number of para-hydroxylation sites is 1. The molecule has 154 valence electrons. The van der Waals surface area contributed by atoms with Gasteiger partial charge in [-0.15, -0.1) is 10.2 Å². The van der Waals surface area contributed by atoms with Crippen LogP contribution in [0.25, 0.3) is 17.1 Å². The van der Waals surface area contributed by atoms with Crippen LogP contribution < -0.4 is 5.43 Å². The molecule has 8 heteroatoms. The predicted molar refractivity (Wildman–Crippen MR) is 125 cm³/mol. The van der Waals surface area contributed by atoms with Crippen molar-refractivity contribution < 1.29 is 4.79 Å². The maximum atomic E-state index is 12.3. The molecule has 0 aliphatic heterocycles. The first-order chi connectivity index (χ1) is 15.2. The first kappa shape index (κ1) is 20.8. The fraction of sp³-hybridized carbons (Fsp3) is 0.0435. The van der Waals surface area contributed by atoms with Crippen molar-refractivity contribution >= 4 is 35.5 Å². The second-order valence-electron chi connectivity index (χ2n) is 6.48. The van der Waals surface area contributed by atoms with Crippen molar-refractivity contribution in [2.75, 3.05) is 5.75 Å². The Kier molecular flexibility index (Phi) is 6.76. The molecule has 4 aromatic rings. The van der Waals surface area contributed by atoms with Crippen LogP contribution >= 0.6 is 23.4 Å². The van der Waals surface area contributed by atoms with E-state index in [-0.39, 0.29) is 11.7 Å². The van der Waals surface area contributed by atoms with Crippen LogP contribution in [0.15, 0.2) is 95.2 Å². The second kappa shape index (κ2) is 10.1. The Bertz CT molecular complexity index is 1180. The van der Waals surface area contributed by atoms with E-state index < -0.39 is 0 Å². The summed E-state index contributed by atoms with van der Waals surface area (Å²) < 4.78 is 1.95. The Morgan fingerprint density at radius 3 is 2.35 bits per heavy atom. The van der Waals surface area contributed by atoms with E-state index in [9.17, 15) is 4.79 Å². The van der Waals surface area contributed by atoms with E-state index in [2.05, 4.69) is 20.7 Å². The number of hydrazone groups is 1. The van der Waals surface area contributed by atoms with Crippen molar-refractivity contribution in [2.24, 2.45) is 5.10 Å². The number of amides is 1. The van der Waals surface area contributed by atoms with Crippen molar-refractivity contribution in [2.45, 2.75) is 5.16 Å². The van der Waals surface area contributed by atoms with Crippen molar-refractivity contribution in [1.29, 1.82) is 0 Å². The van der Waals surface area contributed by atoms with Gasteiger partial charge in [-0.25, -0.2) is 5.43 Å². The molecule has 1 heterocycles. The van der Waals surface area contributed by atoms with Crippen molar-refractivity contribution in [3.8, 4) is 17.1 Å². The Hall–Kier alpha value is -3.42. The van der Waals surface area contributed by atoms with E-state index in [4.69, 9.17) is 11.6 Å². The number of aromatic nitrogens is 3. The Balaban J connectivity index is 1.47. The number of thioether (sulfide) groups is 1. The minimum atomic E-state index is -0.237. The molecule has 0 saturated heterocycles. The maximum absolute atomic E-state index is 12.3. The zero-order valence-corrected chi connectivity index (χ0v) is 17.9. The normalized spacial score (nSPS) is 11.0. The van der Waals surface area contributed by atoms with E-state index in [1.165, 1.54) is 11.8 Å². The molecule has 1 amide bonds. The lowest BCUT2D eigenvalue weighted by Gasteiger charge is -2.10. The van der Waals surface area contributed by atoms with Crippen LogP contribution in [0.5, 0.6) is 0 Å². The van der Waals surface area contributed by atoms with Gasteiger partial charge in [0, 0.05) is 16.3 Å². The minimum Gasteiger partial charge on any atom is -0.272 e. The number of nitrogens with zero attached hydrogens (tertiary/aromatic N) is 4. The van der Waals surface area contributed by atoms with Gasteiger partial charge in [-0.3, -0.25) is 9.36 Å². The lowest BCUT2D eigenvalue weighted by Crippen LogP contribution is -2.20. The van der Waals surface area contributed by atoms with Crippen LogP contribution in [-0.2, 0) is 4.79 Å². The smallest absolute Gasteiger partial charge is 0.250 e. The summed E-state index contributed by atoms with van der Waals surface area (Å²) in [6.07, 6.45) is 1.57. The quantitative estimate of drug-likeness (QED) is 0.250. The number of rotatable bonds is 7. The SMILES string of the molecule is O=C(CSc1nnc(-c2ccccc2)n1-c1ccccc1)N/N=C/c1ccc(Cl)cc1. The highest BCUT2D eigenvalue weighted by molar-refractivity contribution is 7.99. The van der Waals surface area contributed by atoms with Gasteiger partial charge in [0.2, 0.25) is 0 Å². The second-order valence-corrected chi connectivity index (χ2v) is 7.86. The molecular weight excluding hydrogens is 430 g/mol. The topological polar surface area (TPSA) is 72.2 Å². The van der Waals surface area contributed by atoms with Gasteiger partial charge < -0.3 is 0 Å². The average molecular weight is 448 g/mol. The largest absolute Gasteiger partial charge is 0.272 e. The first-order valence-electron chi connectivity index (χ1n) is 9.47.